The molecule has 1 saturated heterocycles. The molecule has 1 amide bonds. The number of nitrogens with zero attached hydrogens (tertiary/aromatic N) is 4. The molecule has 2 N–H and O–H groups in total. The smallest absolute Gasteiger partial charge is 0.273 e. The van der Waals surface area contributed by atoms with Crippen molar-refractivity contribution in [3.8, 4) is 5.69 Å². The van der Waals surface area contributed by atoms with Crippen LogP contribution < -0.4 is 10.6 Å². The number of benzene rings is 1. The topological polar surface area (TPSA) is 97.9 Å². The third-order valence-electron chi connectivity index (χ3n) is 4.12. The second kappa shape index (κ2) is 6.48. The molecule has 128 valence electrons. The molecule has 3 aromatic rings. The predicted octanol–water partition coefficient (Wildman–Crippen LogP) is 1.18. The van der Waals surface area contributed by atoms with Crippen molar-refractivity contribution in [2.75, 3.05) is 13.1 Å². The van der Waals surface area contributed by atoms with E-state index in [2.05, 4.69) is 25.8 Å². The SMILES string of the molecule is Cc1oc(C2CNC2)nc1C(=O)NCc1cnn(-c2ccccc2)n1. The van der Waals surface area contributed by atoms with Gasteiger partial charge in [0.2, 0.25) is 5.89 Å². The van der Waals surface area contributed by atoms with Gasteiger partial charge < -0.3 is 15.1 Å². The molecule has 0 aliphatic carbocycles. The van der Waals surface area contributed by atoms with Gasteiger partial charge in [-0.25, -0.2) is 4.98 Å². The molecular formula is C17H18N6O2. The minimum Gasteiger partial charge on any atom is -0.445 e. The van der Waals surface area contributed by atoms with E-state index in [1.54, 1.807) is 13.1 Å². The van der Waals surface area contributed by atoms with E-state index in [4.69, 9.17) is 4.42 Å². The Labute approximate surface area is 144 Å². The van der Waals surface area contributed by atoms with Gasteiger partial charge in [0.15, 0.2) is 5.69 Å². The standard InChI is InChI=1S/C17H18N6O2/c1-11-15(21-17(25-11)12-7-18-8-12)16(24)19-9-13-10-20-23(22-13)14-5-3-2-4-6-14/h2-6,10,12,18H,7-9H2,1H3,(H,19,24). The van der Waals surface area contributed by atoms with Crippen molar-refractivity contribution in [2.45, 2.75) is 19.4 Å². The zero-order valence-electron chi connectivity index (χ0n) is 13.8. The largest absolute Gasteiger partial charge is 0.445 e. The lowest BCUT2D eigenvalue weighted by Gasteiger charge is -2.23. The maximum absolute atomic E-state index is 12.4. The summed E-state index contributed by atoms with van der Waals surface area (Å²) in [7, 11) is 0. The number of amides is 1. The molecule has 1 aliphatic heterocycles. The van der Waals surface area contributed by atoms with Crippen LogP contribution in [0.1, 0.15) is 33.8 Å². The van der Waals surface area contributed by atoms with Crippen LogP contribution in [0.25, 0.3) is 5.69 Å². The predicted molar refractivity (Wildman–Crippen MR) is 89.4 cm³/mol. The third-order valence-corrected chi connectivity index (χ3v) is 4.12. The fraction of sp³-hybridized carbons (Fsp3) is 0.294. The number of para-hydroxylation sites is 1. The highest BCUT2D eigenvalue weighted by molar-refractivity contribution is 5.93. The number of hydrogen-bond donors (Lipinski definition) is 2. The van der Waals surface area contributed by atoms with Gasteiger partial charge >= 0.3 is 0 Å². The summed E-state index contributed by atoms with van der Waals surface area (Å²) in [5.41, 5.74) is 1.87. The maximum Gasteiger partial charge on any atom is 0.273 e. The van der Waals surface area contributed by atoms with Crippen molar-refractivity contribution >= 4 is 5.91 Å². The molecule has 0 spiro atoms. The number of aryl methyl sites for hydroxylation is 1. The monoisotopic (exact) mass is 338 g/mol. The van der Waals surface area contributed by atoms with E-state index in [9.17, 15) is 4.79 Å². The van der Waals surface area contributed by atoms with Gasteiger partial charge in [-0.15, -0.1) is 0 Å². The molecule has 1 fully saturated rings. The van der Waals surface area contributed by atoms with E-state index in [1.807, 2.05) is 30.3 Å². The molecule has 0 saturated carbocycles. The van der Waals surface area contributed by atoms with Gasteiger partial charge in [-0.1, -0.05) is 18.2 Å². The van der Waals surface area contributed by atoms with E-state index in [0.29, 0.717) is 23.0 Å². The minimum atomic E-state index is -0.269. The van der Waals surface area contributed by atoms with Crippen molar-refractivity contribution in [2.24, 2.45) is 0 Å². The molecule has 25 heavy (non-hydrogen) atoms. The molecule has 0 unspecified atom stereocenters. The van der Waals surface area contributed by atoms with Crippen LogP contribution in [0.3, 0.4) is 0 Å². The number of hydrogen-bond acceptors (Lipinski definition) is 6. The molecule has 2 aromatic heterocycles. The zero-order chi connectivity index (χ0) is 17.2. The lowest BCUT2D eigenvalue weighted by Crippen LogP contribution is -2.40. The van der Waals surface area contributed by atoms with Gasteiger partial charge in [-0.3, -0.25) is 4.79 Å². The lowest BCUT2D eigenvalue weighted by molar-refractivity contribution is 0.0944. The Morgan fingerprint density at radius 2 is 2.16 bits per heavy atom. The molecule has 8 nitrogen and oxygen atoms in total. The molecule has 4 rings (SSSR count). The van der Waals surface area contributed by atoms with Crippen LogP contribution in [0.5, 0.6) is 0 Å². The van der Waals surface area contributed by atoms with E-state index >= 15 is 0 Å². The Hall–Kier alpha value is -3.00. The second-order valence-electron chi connectivity index (χ2n) is 5.96. The van der Waals surface area contributed by atoms with Gasteiger partial charge in [0.25, 0.3) is 5.91 Å². The molecule has 0 atom stereocenters. The lowest BCUT2D eigenvalue weighted by atomic mass is 10.0. The Balaban J connectivity index is 1.41. The zero-order valence-corrected chi connectivity index (χ0v) is 13.8. The Kier molecular flexibility index (Phi) is 4.02. The highest BCUT2D eigenvalue weighted by atomic mass is 16.4. The molecule has 1 aromatic carbocycles. The van der Waals surface area contributed by atoms with Gasteiger partial charge in [-0.05, 0) is 19.1 Å². The number of carbonyl (C=O) groups excluding carboxylic acids is 1. The van der Waals surface area contributed by atoms with E-state index in [-0.39, 0.29) is 18.4 Å². The van der Waals surface area contributed by atoms with Crippen LogP contribution in [-0.4, -0.2) is 39.0 Å². The minimum absolute atomic E-state index is 0.256. The first kappa shape index (κ1) is 15.5. The van der Waals surface area contributed by atoms with E-state index < -0.39 is 0 Å². The van der Waals surface area contributed by atoms with Crippen LogP contribution in [0, 0.1) is 6.92 Å². The number of carbonyl (C=O) groups is 1. The third kappa shape index (κ3) is 3.16. The van der Waals surface area contributed by atoms with Crippen LogP contribution in [0.4, 0.5) is 0 Å². The van der Waals surface area contributed by atoms with Crippen LogP contribution >= 0.6 is 0 Å². The summed E-state index contributed by atoms with van der Waals surface area (Å²) in [5, 5.41) is 14.6. The van der Waals surface area contributed by atoms with E-state index in [0.717, 1.165) is 18.8 Å². The molecule has 0 bridgehead atoms. The number of rotatable bonds is 5. The Morgan fingerprint density at radius 3 is 2.88 bits per heavy atom. The summed E-state index contributed by atoms with van der Waals surface area (Å²) < 4.78 is 5.61. The molecule has 1 aliphatic rings. The van der Waals surface area contributed by atoms with Crippen molar-refractivity contribution in [3.05, 3.63) is 59.6 Å². The van der Waals surface area contributed by atoms with Crippen molar-refractivity contribution < 1.29 is 9.21 Å². The van der Waals surface area contributed by atoms with Crippen LogP contribution in [-0.2, 0) is 6.54 Å². The summed E-state index contributed by atoms with van der Waals surface area (Å²) in [6.07, 6.45) is 1.63. The molecule has 3 heterocycles. The first-order chi connectivity index (χ1) is 12.2. The highest BCUT2D eigenvalue weighted by Crippen LogP contribution is 2.21. The van der Waals surface area contributed by atoms with Crippen LogP contribution in [0.15, 0.2) is 40.9 Å². The molecule has 0 radical (unpaired) electrons. The van der Waals surface area contributed by atoms with Gasteiger partial charge in [0.1, 0.15) is 11.5 Å². The summed E-state index contributed by atoms with van der Waals surface area (Å²) in [6, 6.07) is 9.60. The van der Waals surface area contributed by atoms with Crippen LogP contribution in [0.2, 0.25) is 0 Å². The average molecular weight is 338 g/mol. The quantitative estimate of drug-likeness (QED) is 0.725. The fourth-order valence-corrected chi connectivity index (χ4v) is 2.58. The fourth-order valence-electron chi connectivity index (χ4n) is 2.58. The van der Waals surface area contributed by atoms with Crippen molar-refractivity contribution in [1.82, 2.24) is 30.6 Å². The van der Waals surface area contributed by atoms with Gasteiger partial charge in [0.05, 0.1) is 24.3 Å². The number of nitrogens with one attached hydrogen (secondary N) is 2. The summed E-state index contributed by atoms with van der Waals surface area (Å²) in [5.74, 6) is 1.14. The first-order valence-electron chi connectivity index (χ1n) is 8.13. The molecule has 8 heteroatoms. The Bertz CT molecular complexity index is 882. The second-order valence-corrected chi connectivity index (χ2v) is 5.96. The van der Waals surface area contributed by atoms with Crippen molar-refractivity contribution in [1.29, 1.82) is 0 Å². The summed E-state index contributed by atoms with van der Waals surface area (Å²) >= 11 is 0. The first-order valence-corrected chi connectivity index (χ1v) is 8.13. The van der Waals surface area contributed by atoms with Gasteiger partial charge in [-0.2, -0.15) is 15.0 Å². The Morgan fingerprint density at radius 1 is 1.36 bits per heavy atom. The highest BCUT2D eigenvalue weighted by Gasteiger charge is 2.27. The van der Waals surface area contributed by atoms with Gasteiger partial charge in [0, 0.05) is 13.1 Å². The molecular weight excluding hydrogens is 320 g/mol. The van der Waals surface area contributed by atoms with E-state index in [1.165, 1.54) is 4.80 Å². The average Bonchev–Trinajstić information content (AvgIpc) is 3.19. The normalized spacial score (nSPS) is 14.3. The summed E-state index contributed by atoms with van der Waals surface area (Å²) in [6.45, 7) is 3.70. The summed E-state index contributed by atoms with van der Waals surface area (Å²) in [4.78, 5) is 18.2. The number of aromatic nitrogens is 4. The number of oxazole rings is 1. The maximum atomic E-state index is 12.4. The van der Waals surface area contributed by atoms with Crippen molar-refractivity contribution in [3.63, 3.8) is 0 Å².